The summed E-state index contributed by atoms with van der Waals surface area (Å²) in [6.07, 6.45) is 3.76. The highest BCUT2D eigenvalue weighted by Gasteiger charge is 2.20. The van der Waals surface area contributed by atoms with Gasteiger partial charge in [-0.2, -0.15) is 0 Å². The Morgan fingerprint density at radius 2 is 1.91 bits per heavy atom. The van der Waals surface area contributed by atoms with Crippen molar-refractivity contribution in [3.05, 3.63) is 68.3 Å². The number of hydrogen-bond donors (Lipinski definition) is 2. The Bertz CT molecular complexity index is 1200. The summed E-state index contributed by atoms with van der Waals surface area (Å²) >= 11 is 3.54. The zero-order valence-corrected chi connectivity index (χ0v) is 19.4. The van der Waals surface area contributed by atoms with Crippen LogP contribution in [0.3, 0.4) is 0 Å². The second kappa shape index (κ2) is 9.52. The first kappa shape index (κ1) is 22.0. The lowest BCUT2D eigenvalue weighted by molar-refractivity contribution is -0.121. The quantitative estimate of drug-likeness (QED) is 0.538. The zero-order valence-electron chi connectivity index (χ0n) is 17.8. The molecule has 1 unspecified atom stereocenters. The van der Waals surface area contributed by atoms with Crippen molar-refractivity contribution in [2.45, 2.75) is 32.7 Å². The molecule has 166 valence electrons. The minimum Gasteiger partial charge on any atom is -0.486 e. The van der Waals surface area contributed by atoms with E-state index in [1.807, 2.05) is 19.1 Å². The maximum atomic E-state index is 12.6. The van der Waals surface area contributed by atoms with Crippen molar-refractivity contribution in [2.75, 3.05) is 13.2 Å². The molecule has 2 aromatic heterocycles. The van der Waals surface area contributed by atoms with E-state index in [1.165, 1.54) is 0 Å². The Morgan fingerprint density at radius 3 is 2.59 bits per heavy atom. The standard InChI is InChI=1S/C23H23BrN4O4/c1-13-16(23(30)28-22(27-13)15-5-7-25-8-6-15)3-4-21(29)26-14(2)17-11-19-20(12-18(17)24)32-10-9-31-19/h5-8,11-12,14H,3-4,9-10H2,1-2H3,(H,26,29)(H,27,28,30). The summed E-state index contributed by atoms with van der Waals surface area (Å²) in [5.74, 6) is 1.68. The summed E-state index contributed by atoms with van der Waals surface area (Å²) in [5, 5.41) is 2.99. The van der Waals surface area contributed by atoms with Gasteiger partial charge in [0.25, 0.3) is 5.56 Å². The van der Waals surface area contributed by atoms with Crippen molar-refractivity contribution in [3.63, 3.8) is 0 Å². The second-order valence-corrected chi connectivity index (χ2v) is 8.38. The van der Waals surface area contributed by atoms with E-state index in [9.17, 15) is 9.59 Å². The number of H-pyrrole nitrogens is 1. The largest absolute Gasteiger partial charge is 0.486 e. The second-order valence-electron chi connectivity index (χ2n) is 7.52. The Hall–Kier alpha value is -3.20. The molecule has 3 heterocycles. The van der Waals surface area contributed by atoms with Crippen LogP contribution in [0.15, 0.2) is 45.9 Å². The minimum atomic E-state index is -0.251. The van der Waals surface area contributed by atoms with Crippen LogP contribution in [0.2, 0.25) is 0 Å². The van der Waals surface area contributed by atoms with Gasteiger partial charge >= 0.3 is 0 Å². The van der Waals surface area contributed by atoms with E-state index in [0.29, 0.717) is 48.2 Å². The van der Waals surface area contributed by atoms with Gasteiger partial charge in [-0.15, -0.1) is 0 Å². The molecule has 9 heteroatoms. The molecule has 8 nitrogen and oxygen atoms in total. The lowest BCUT2D eigenvalue weighted by atomic mass is 10.1. The zero-order chi connectivity index (χ0) is 22.7. The van der Waals surface area contributed by atoms with E-state index in [-0.39, 0.29) is 23.9 Å². The average Bonchev–Trinajstić information content (AvgIpc) is 2.78. The number of hydrogen-bond acceptors (Lipinski definition) is 6. The normalized spacial score (nSPS) is 13.5. The average molecular weight is 499 g/mol. The maximum Gasteiger partial charge on any atom is 0.254 e. The highest BCUT2D eigenvalue weighted by atomic mass is 79.9. The lowest BCUT2D eigenvalue weighted by Gasteiger charge is -2.22. The van der Waals surface area contributed by atoms with Crippen molar-refractivity contribution in [1.82, 2.24) is 20.3 Å². The molecule has 3 aromatic rings. The number of aromatic amines is 1. The third-order valence-electron chi connectivity index (χ3n) is 5.28. The van der Waals surface area contributed by atoms with Crippen LogP contribution in [-0.4, -0.2) is 34.1 Å². The number of fused-ring (bicyclic) bond motifs is 1. The molecule has 32 heavy (non-hydrogen) atoms. The first-order valence-electron chi connectivity index (χ1n) is 10.3. The van der Waals surface area contributed by atoms with Gasteiger partial charge in [0, 0.05) is 40.1 Å². The first-order chi connectivity index (χ1) is 15.4. The molecule has 4 rings (SSSR count). The number of pyridine rings is 1. The fraction of sp³-hybridized carbons (Fsp3) is 0.304. The topological polar surface area (TPSA) is 106 Å². The summed E-state index contributed by atoms with van der Waals surface area (Å²) < 4.78 is 12.1. The fourth-order valence-electron chi connectivity index (χ4n) is 3.59. The molecule has 0 bridgehead atoms. The number of aryl methyl sites for hydroxylation is 1. The molecule has 0 saturated carbocycles. The van der Waals surface area contributed by atoms with E-state index in [1.54, 1.807) is 31.5 Å². The van der Waals surface area contributed by atoms with E-state index in [0.717, 1.165) is 15.6 Å². The molecule has 0 radical (unpaired) electrons. The van der Waals surface area contributed by atoms with Crippen LogP contribution >= 0.6 is 15.9 Å². The number of halogens is 1. The number of carbonyl (C=O) groups excluding carboxylic acids is 1. The van der Waals surface area contributed by atoms with Gasteiger partial charge in [-0.25, -0.2) is 4.98 Å². The lowest BCUT2D eigenvalue weighted by Crippen LogP contribution is -2.28. The molecular formula is C23H23BrN4O4. The highest BCUT2D eigenvalue weighted by molar-refractivity contribution is 9.10. The molecule has 0 saturated heterocycles. The SMILES string of the molecule is Cc1nc(-c2ccncc2)[nH]c(=O)c1CCC(=O)NC(C)c1cc2c(cc1Br)OCCO2. The minimum absolute atomic E-state index is 0.156. The fourth-order valence-corrected chi connectivity index (χ4v) is 4.26. The Morgan fingerprint density at radius 1 is 1.22 bits per heavy atom. The summed E-state index contributed by atoms with van der Waals surface area (Å²) in [6, 6.07) is 7.04. The van der Waals surface area contributed by atoms with E-state index >= 15 is 0 Å². The van der Waals surface area contributed by atoms with Crippen LogP contribution in [-0.2, 0) is 11.2 Å². The van der Waals surface area contributed by atoms with Gasteiger partial charge in [-0.3, -0.25) is 14.6 Å². The molecule has 1 aromatic carbocycles. The van der Waals surface area contributed by atoms with Crippen molar-refractivity contribution < 1.29 is 14.3 Å². The molecular weight excluding hydrogens is 476 g/mol. The van der Waals surface area contributed by atoms with Crippen molar-refractivity contribution >= 4 is 21.8 Å². The smallest absolute Gasteiger partial charge is 0.254 e. The van der Waals surface area contributed by atoms with Crippen molar-refractivity contribution in [3.8, 4) is 22.9 Å². The van der Waals surface area contributed by atoms with Crippen LogP contribution in [0.25, 0.3) is 11.4 Å². The summed E-state index contributed by atoms with van der Waals surface area (Å²) in [4.78, 5) is 36.5. The molecule has 0 fully saturated rings. The van der Waals surface area contributed by atoms with Gasteiger partial charge in [0.1, 0.15) is 19.0 Å². The Kier molecular flexibility index (Phi) is 6.55. The molecule has 0 aliphatic carbocycles. The van der Waals surface area contributed by atoms with Gasteiger partial charge in [0.15, 0.2) is 11.5 Å². The molecule has 2 N–H and O–H groups in total. The number of amides is 1. The van der Waals surface area contributed by atoms with Crippen molar-refractivity contribution in [1.29, 1.82) is 0 Å². The van der Waals surface area contributed by atoms with Gasteiger partial charge in [-0.1, -0.05) is 15.9 Å². The number of rotatable bonds is 6. The van der Waals surface area contributed by atoms with E-state index in [4.69, 9.17) is 9.47 Å². The predicted octanol–water partition coefficient (Wildman–Crippen LogP) is 3.48. The number of benzene rings is 1. The predicted molar refractivity (Wildman–Crippen MR) is 123 cm³/mol. The molecule has 1 atom stereocenters. The van der Waals surface area contributed by atoms with Crippen molar-refractivity contribution in [2.24, 2.45) is 0 Å². The number of nitrogens with zero attached hydrogens (tertiary/aromatic N) is 2. The van der Waals surface area contributed by atoms with E-state index in [2.05, 4.69) is 36.2 Å². The molecule has 1 aliphatic heterocycles. The summed E-state index contributed by atoms with van der Waals surface area (Å²) in [6.45, 7) is 4.69. The monoisotopic (exact) mass is 498 g/mol. The van der Waals surface area contributed by atoms with Crippen LogP contribution in [0.5, 0.6) is 11.5 Å². The van der Waals surface area contributed by atoms with Gasteiger partial charge in [-0.05, 0) is 50.1 Å². The van der Waals surface area contributed by atoms with Gasteiger partial charge in [0.05, 0.1) is 6.04 Å². The first-order valence-corrected chi connectivity index (χ1v) is 11.1. The van der Waals surface area contributed by atoms with Gasteiger partial charge < -0.3 is 19.8 Å². The van der Waals surface area contributed by atoms with Crippen LogP contribution in [0, 0.1) is 6.92 Å². The Labute approximate surface area is 193 Å². The molecule has 1 amide bonds. The molecule has 0 spiro atoms. The van der Waals surface area contributed by atoms with Gasteiger partial charge in [0.2, 0.25) is 5.91 Å². The maximum absolute atomic E-state index is 12.6. The Balaban J connectivity index is 1.41. The number of carbonyl (C=O) groups is 1. The number of nitrogens with one attached hydrogen (secondary N) is 2. The third kappa shape index (κ3) is 4.83. The number of ether oxygens (including phenoxy) is 2. The highest BCUT2D eigenvalue weighted by Crippen LogP contribution is 2.37. The van der Waals surface area contributed by atoms with Crippen LogP contribution < -0.4 is 20.3 Å². The number of aromatic nitrogens is 3. The molecule has 1 aliphatic rings. The van der Waals surface area contributed by atoms with Crippen LogP contribution in [0.4, 0.5) is 0 Å². The van der Waals surface area contributed by atoms with E-state index < -0.39 is 0 Å². The summed E-state index contributed by atoms with van der Waals surface area (Å²) in [7, 11) is 0. The summed E-state index contributed by atoms with van der Waals surface area (Å²) in [5.41, 5.74) is 2.55. The third-order valence-corrected chi connectivity index (χ3v) is 5.97. The van der Waals surface area contributed by atoms with Crippen LogP contribution in [0.1, 0.15) is 36.2 Å².